The summed E-state index contributed by atoms with van der Waals surface area (Å²) in [7, 11) is 0. The van der Waals surface area contributed by atoms with Gasteiger partial charge in [-0.1, -0.05) is 12.1 Å². The van der Waals surface area contributed by atoms with Crippen LogP contribution in [0.25, 0.3) is 0 Å². The number of carbonyl (C=O) groups excluding carboxylic acids is 2. The molecule has 0 atom stereocenters. The average Bonchev–Trinajstić information content (AvgIpc) is 3.36. The van der Waals surface area contributed by atoms with E-state index in [-0.39, 0.29) is 31.7 Å². The summed E-state index contributed by atoms with van der Waals surface area (Å²) in [6.07, 6.45) is -8.68. The molecule has 1 aromatic heterocycles. The zero-order valence-corrected chi connectivity index (χ0v) is 25.0. The van der Waals surface area contributed by atoms with Gasteiger partial charge in [-0.25, -0.2) is 0 Å². The zero-order valence-electron chi connectivity index (χ0n) is 24.2. The smallest absolute Gasteiger partial charge is 0.418 e. The summed E-state index contributed by atoms with van der Waals surface area (Å²) in [5.74, 6) is -0.737. The van der Waals surface area contributed by atoms with Crippen molar-refractivity contribution in [3.05, 3.63) is 83.3 Å². The molecule has 0 unspecified atom stereocenters. The number of hydrogen-bond acceptors (Lipinski definition) is 6. The van der Waals surface area contributed by atoms with Gasteiger partial charge in [-0.2, -0.15) is 26.3 Å². The van der Waals surface area contributed by atoms with Crippen molar-refractivity contribution < 1.29 is 45.1 Å². The highest BCUT2D eigenvalue weighted by molar-refractivity contribution is 8.01. The molecule has 0 aliphatic rings. The van der Waals surface area contributed by atoms with Gasteiger partial charge in [0.05, 0.1) is 36.2 Å². The van der Waals surface area contributed by atoms with Crippen LogP contribution in [0, 0.1) is 0 Å². The number of esters is 1. The fourth-order valence-electron chi connectivity index (χ4n) is 3.91. The number of anilines is 1. The quantitative estimate of drug-likeness (QED) is 0.138. The van der Waals surface area contributed by atoms with Crippen LogP contribution < -0.4 is 5.32 Å². The van der Waals surface area contributed by atoms with Gasteiger partial charge in [0, 0.05) is 11.4 Å². The van der Waals surface area contributed by atoms with E-state index in [4.69, 9.17) is 9.15 Å². The Balaban J connectivity index is 1.75. The lowest BCUT2D eigenvalue weighted by atomic mass is 10.1. The summed E-state index contributed by atoms with van der Waals surface area (Å²) < 4.78 is 89.7. The first kappa shape index (κ1) is 34.0. The number of halogens is 6. The summed E-state index contributed by atoms with van der Waals surface area (Å²) in [5.41, 5.74) is -3.74. The van der Waals surface area contributed by atoms with Crippen LogP contribution >= 0.6 is 11.8 Å². The molecule has 0 aliphatic carbocycles. The van der Waals surface area contributed by atoms with Gasteiger partial charge in [-0.3, -0.25) is 14.5 Å². The monoisotopic (exact) mass is 630 g/mol. The van der Waals surface area contributed by atoms with Gasteiger partial charge < -0.3 is 14.5 Å². The van der Waals surface area contributed by atoms with Crippen molar-refractivity contribution in [2.45, 2.75) is 75.3 Å². The third-order valence-electron chi connectivity index (χ3n) is 5.85. The molecule has 0 aliphatic heterocycles. The van der Waals surface area contributed by atoms with Crippen LogP contribution in [0.4, 0.5) is 32.0 Å². The number of carbonyl (C=O) groups is 2. The largest absolute Gasteiger partial charge is 0.468 e. The Bertz CT molecular complexity index is 1400. The molecular weight excluding hydrogens is 598 g/mol. The maximum absolute atomic E-state index is 13.6. The van der Waals surface area contributed by atoms with Gasteiger partial charge in [0.1, 0.15) is 16.1 Å². The minimum atomic E-state index is -5.13. The lowest BCUT2D eigenvalue weighted by molar-refractivity contribution is -0.157. The Labute approximate surface area is 249 Å². The number of ether oxygens (including phenoxy) is 1. The van der Waals surface area contributed by atoms with Crippen LogP contribution in [-0.4, -0.2) is 33.7 Å². The minimum absolute atomic E-state index is 0.0279. The lowest BCUT2D eigenvalue weighted by Crippen LogP contribution is -2.36. The summed E-state index contributed by atoms with van der Waals surface area (Å²) >= 11 is 1.31. The van der Waals surface area contributed by atoms with Crippen LogP contribution in [0.1, 0.15) is 57.1 Å². The van der Waals surface area contributed by atoms with Crippen molar-refractivity contribution in [2.24, 2.45) is 0 Å². The Morgan fingerprint density at radius 3 is 2.07 bits per heavy atom. The van der Waals surface area contributed by atoms with Crippen molar-refractivity contribution in [3.63, 3.8) is 0 Å². The normalized spacial score (nSPS) is 12.8. The van der Waals surface area contributed by atoms with Gasteiger partial charge in [0.25, 0.3) is 0 Å². The number of hydrogen-bond donors (Lipinski definition) is 1. The molecule has 0 saturated heterocycles. The topological polar surface area (TPSA) is 71.8 Å². The average molecular weight is 631 g/mol. The predicted octanol–water partition coefficient (Wildman–Crippen LogP) is 8.17. The molecule has 0 spiro atoms. The fraction of sp³-hybridized carbons (Fsp3) is 0.400. The van der Waals surface area contributed by atoms with Crippen molar-refractivity contribution in [2.75, 3.05) is 11.9 Å². The van der Waals surface area contributed by atoms with Crippen molar-refractivity contribution in [1.29, 1.82) is 0 Å². The van der Waals surface area contributed by atoms with Gasteiger partial charge in [0.2, 0.25) is 5.91 Å². The first-order valence-corrected chi connectivity index (χ1v) is 13.9. The van der Waals surface area contributed by atoms with Crippen molar-refractivity contribution in [3.8, 4) is 0 Å². The molecule has 0 saturated carbocycles. The second kappa shape index (κ2) is 13.0. The Morgan fingerprint density at radius 2 is 1.53 bits per heavy atom. The molecular formula is C30H32F6N2O4S. The van der Waals surface area contributed by atoms with Gasteiger partial charge in [-0.05, 0) is 82.6 Å². The Hall–Kier alpha value is -3.45. The van der Waals surface area contributed by atoms with Crippen LogP contribution in [0.3, 0.4) is 0 Å². The van der Waals surface area contributed by atoms with Gasteiger partial charge in [-0.15, -0.1) is 11.8 Å². The molecule has 1 N–H and O–H groups in total. The molecule has 0 fully saturated rings. The molecule has 43 heavy (non-hydrogen) atoms. The maximum atomic E-state index is 13.6. The number of furan rings is 1. The van der Waals surface area contributed by atoms with Crippen LogP contribution in [0.15, 0.2) is 70.2 Å². The van der Waals surface area contributed by atoms with E-state index < -0.39 is 45.4 Å². The number of rotatable bonds is 10. The Kier molecular flexibility index (Phi) is 10.3. The number of nitrogens with zero attached hydrogens (tertiary/aromatic N) is 1. The summed E-state index contributed by atoms with van der Waals surface area (Å²) in [5, 5.41) is 2.11. The zero-order chi connectivity index (χ0) is 32.2. The fourth-order valence-corrected chi connectivity index (χ4v) is 4.89. The van der Waals surface area contributed by atoms with E-state index in [0.29, 0.717) is 17.9 Å². The number of thioether (sulfide) groups is 1. The molecule has 3 rings (SSSR count). The molecule has 0 radical (unpaired) electrons. The molecule has 1 heterocycles. The highest BCUT2D eigenvalue weighted by Crippen LogP contribution is 2.39. The van der Waals surface area contributed by atoms with E-state index in [1.807, 2.05) is 0 Å². The molecule has 1 amide bonds. The van der Waals surface area contributed by atoms with Gasteiger partial charge in [0.15, 0.2) is 0 Å². The van der Waals surface area contributed by atoms with Crippen LogP contribution in [0.2, 0.25) is 0 Å². The summed E-state index contributed by atoms with van der Waals surface area (Å²) in [4.78, 5) is 27.9. The van der Waals surface area contributed by atoms with E-state index in [2.05, 4.69) is 5.32 Å². The second-order valence-corrected chi connectivity index (χ2v) is 13.0. The predicted molar refractivity (Wildman–Crippen MR) is 150 cm³/mol. The molecule has 2 aromatic carbocycles. The SMILES string of the molecule is CC(C)(C)OC(=O)C(C)(C)Sc1ccc(CN(CC(=O)Nc2ccc(C(F)(F)F)cc2C(F)(F)F)Cc2ccco2)cc1. The molecule has 0 bridgehead atoms. The third-order valence-corrected chi connectivity index (χ3v) is 7.03. The van der Waals surface area contributed by atoms with E-state index in [9.17, 15) is 35.9 Å². The standard InChI is InChI=1S/C30H32F6N2O4S/c1-27(2,3)42-26(40)28(4,5)43-22-11-8-19(9-12-22)16-38(17-21-7-6-14-41-21)18-25(39)37-24-13-10-20(29(31,32)33)15-23(24)30(34,35)36/h6-15H,16-18H2,1-5H3,(H,37,39). The third kappa shape index (κ3) is 10.3. The molecule has 13 heteroatoms. The number of alkyl halides is 6. The second-order valence-electron chi connectivity index (χ2n) is 11.3. The highest BCUT2D eigenvalue weighted by atomic mass is 32.2. The first-order chi connectivity index (χ1) is 19.7. The molecule has 6 nitrogen and oxygen atoms in total. The number of amides is 1. The first-order valence-electron chi connectivity index (χ1n) is 13.1. The van der Waals surface area contributed by atoms with Crippen molar-refractivity contribution in [1.82, 2.24) is 4.90 Å². The van der Waals surface area contributed by atoms with E-state index in [1.54, 1.807) is 75.9 Å². The number of benzene rings is 2. The highest BCUT2D eigenvalue weighted by Gasteiger charge is 2.39. The summed E-state index contributed by atoms with van der Waals surface area (Å²) in [6, 6.07) is 11.5. The number of nitrogens with one attached hydrogen (secondary N) is 1. The maximum Gasteiger partial charge on any atom is 0.418 e. The van der Waals surface area contributed by atoms with E-state index >= 15 is 0 Å². The summed E-state index contributed by atoms with van der Waals surface area (Å²) in [6.45, 7) is 8.79. The van der Waals surface area contributed by atoms with Gasteiger partial charge >= 0.3 is 18.3 Å². The van der Waals surface area contributed by atoms with Crippen molar-refractivity contribution >= 4 is 29.3 Å². The van der Waals surface area contributed by atoms with Crippen LogP contribution in [-0.2, 0) is 39.8 Å². The van der Waals surface area contributed by atoms with E-state index in [0.717, 1.165) is 10.5 Å². The molecule has 234 valence electrons. The lowest BCUT2D eigenvalue weighted by Gasteiger charge is -2.28. The Morgan fingerprint density at radius 1 is 0.884 bits per heavy atom. The molecule has 3 aromatic rings. The van der Waals surface area contributed by atoms with E-state index in [1.165, 1.54) is 18.0 Å². The minimum Gasteiger partial charge on any atom is -0.468 e. The van der Waals surface area contributed by atoms with Crippen LogP contribution in [0.5, 0.6) is 0 Å².